The van der Waals surface area contributed by atoms with Crippen LogP contribution in [-0.4, -0.2) is 52.2 Å². The van der Waals surface area contributed by atoms with Crippen molar-refractivity contribution in [3.8, 4) is 17.2 Å². The lowest BCUT2D eigenvalue weighted by atomic mass is 10.0. The Morgan fingerprint density at radius 3 is 1.91 bits per heavy atom. The number of ether oxygens (including phenoxy) is 1. The molecule has 0 bridgehead atoms. The van der Waals surface area contributed by atoms with Crippen LogP contribution in [-0.2, 0) is 11.2 Å². The Morgan fingerprint density at radius 2 is 1.43 bits per heavy atom. The number of carbonyl (C=O) groups excluding carboxylic acids is 1. The van der Waals surface area contributed by atoms with Crippen LogP contribution in [0, 0.1) is 13.8 Å². The van der Waals surface area contributed by atoms with Crippen LogP contribution in [0.5, 0.6) is 17.2 Å². The quantitative estimate of drug-likeness (QED) is 0.393. The minimum Gasteiger partial charge on any atom is -0.508 e. The Kier molecular flexibility index (Phi) is 17.9. The van der Waals surface area contributed by atoms with Crippen LogP contribution >= 0.6 is 11.9 Å². The fourth-order valence-electron chi connectivity index (χ4n) is 3.64. The topological polar surface area (TPSA) is 53.0 Å². The number of amides is 1. The number of aryl methyl sites for hydroxylation is 3. The van der Waals surface area contributed by atoms with Gasteiger partial charge in [0.1, 0.15) is 17.2 Å². The molecule has 1 fully saturated rings. The first-order valence-electron chi connectivity index (χ1n) is 13.2. The van der Waals surface area contributed by atoms with E-state index in [0.29, 0.717) is 12.2 Å². The fourth-order valence-corrected chi connectivity index (χ4v) is 4.42. The molecule has 1 heterocycles. The van der Waals surface area contributed by atoms with E-state index in [1.165, 1.54) is 0 Å². The number of phenols is 1. The van der Waals surface area contributed by atoms with Gasteiger partial charge in [-0.25, -0.2) is 4.31 Å². The van der Waals surface area contributed by atoms with E-state index in [9.17, 15) is 9.90 Å². The van der Waals surface area contributed by atoms with Crippen molar-refractivity contribution >= 4 is 17.9 Å². The molecule has 0 aromatic heterocycles. The standard InChI is InChI=1S/C23H30N2O3S.3C2H6/c1-4-29-25-13-11-24(12-14-25)22(27)10-5-19-15-17(2)23(18(3)16-19)28-21-8-6-20(26)7-9-21;3*1-2/h6-9,15-16,26H,4-5,10-14H2,1-3H3;3*1-2H3. The van der Waals surface area contributed by atoms with Crippen molar-refractivity contribution in [1.82, 2.24) is 9.21 Å². The molecule has 2 aromatic rings. The Hall–Kier alpha value is -2.18. The highest BCUT2D eigenvalue weighted by molar-refractivity contribution is 7.96. The summed E-state index contributed by atoms with van der Waals surface area (Å²) in [6.45, 7) is 21.8. The summed E-state index contributed by atoms with van der Waals surface area (Å²) in [5.41, 5.74) is 3.25. The fraction of sp³-hybridized carbons (Fsp3) is 0.552. The number of carbonyl (C=O) groups is 1. The molecule has 1 saturated heterocycles. The zero-order valence-electron chi connectivity index (χ0n) is 23.5. The lowest BCUT2D eigenvalue weighted by molar-refractivity contribution is -0.132. The molecule has 1 amide bonds. The lowest BCUT2D eigenvalue weighted by Gasteiger charge is -2.33. The third-order valence-electron chi connectivity index (χ3n) is 5.11. The Morgan fingerprint density at radius 1 is 0.914 bits per heavy atom. The molecule has 1 aliphatic heterocycles. The summed E-state index contributed by atoms with van der Waals surface area (Å²) in [5, 5.41) is 9.41. The molecule has 0 spiro atoms. The normalized spacial score (nSPS) is 12.8. The molecule has 1 N–H and O–H groups in total. The van der Waals surface area contributed by atoms with Crippen molar-refractivity contribution in [3.63, 3.8) is 0 Å². The average molecular weight is 505 g/mol. The molecule has 35 heavy (non-hydrogen) atoms. The van der Waals surface area contributed by atoms with E-state index in [0.717, 1.165) is 60.8 Å². The van der Waals surface area contributed by atoms with Gasteiger partial charge in [-0.15, -0.1) is 0 Å². The van der Waals surface area contributed by atoms with Gasteiger partial charge in [-0.05, 0) is 61.2 Å². The number of hydrogen-bond acceptors (Lipinski definition) is 5. The third kappa shape index (κ3) is 11.4. The molecule has 1 aliphatic rings. The van der Waals surface area contributed by atoms with Gasteiger partial charge >= 0.3 is 0 Å². The number of nitrogens with zero attached hydrogens (tertiary/aromatic N) is 2. The molecular formula is C29H48N2O3S. The predicted octanol–water partition coefficient (Wildman–Crippen LogP) is 7.62. The minimum absolute atomic E-state index is 0.219. The van der Waals surface area contributed by atoms with E-state index in [1.807, 2.05) is 72.2 Å². The molecule has 198 valence electrons. The van der Waals surface area contributed by atoms with E-state index in [2.05, 4.69) is 23.4 Å². The van der Waals surface area contributed by atoms with Crippen LogP contribution in [0.1, 0.15) is 71.6 Å². The van der Waals surface area contributed by atoms with Crippen LogP contribution in [0.4, 0.5) is 0 Å². The van der Waals surface area contributed by atoms with Crippen molar-refractivity contribution in [2.24, 2.45) is 0 Å². The van der Waals surface area contributed by atoms with Crippen LogP contribution in [0.25, 0.3) is 0 Å². The van der Waals surface area contributed by atoms with Crippen molar-refractivity contribution in [1.29, 1.82) is 0 Å². The Labute approximate surface area is 219 Å². The molecule has 3 rings (SSSR count). The maximum atomic E-state index is 12.6. The number of rotatable bonds is 7. The first-order valence-corrected chi connectivity index (χ1v) is 14.1. The summed E-state index contributed by atoms with van der Waals surface area (Å²) < 4.78 is 8.36. The van der Waals surface area contributed by atoms with Gasteiger partial charge in [-0.1, -0.05) is 72.5 Å². The van der Waals surface area contributed by atoms with Crippen molar-refractivity contribution in [2.45, 2.75) is 75.2 Å². The molecule has 2 aromatic carbocycles. The van der Waals surface area contributed by atoms with Gasteiger partial charge < -0.3 is 14.7 Å². The van der Waals surface area contributed by atoms with Crippen molar-refractivity contribution < 1.29 is 14.6 Å². The monoisotopic (exact) mass is 504 g/mol. The predicted molar refractivity (Wildman–Crippen MR) is 153 cm³/mol. The highest BCUT2D eigenvalue weighted by Crippen LogP contribution is 2.31. The zero-order chi connectivity index (χ0) is 26.8. The Bertz CT molecular complexity index is 809. The molecule has 6 heteroatoms. The van der Waals surface area contributed by atoms with Crippen molar-refractivity contribution in [2.75, 3.05) is 31.9 Å². The summed E-state index contributed by atoms with van der Waals surface area (Å²) in [7, 11) is 0. The number of piperazine rings is 1. The van der Waals surface area contributed by atoms with E-state index in [1.54, 1.807) is 24.3 Å². The van der Waals surface area contributed by atoms with Crippen LogP contribution in [0.15, 0.2) is 36.4 Å². The third-order valence-corrected chi connectivity index (χ3v) is 6.10. The van der Waals surface area contributed by atoms with E-state index >= 15 is 0 Å². The van der Waals surface area contributed by atoms with E-state index in [4.69, 9.17) is 4.74 Å². The largest absolute Gasteiger partial charge is 0.508 e. The number of benzene rings is 2. The SMILES string of the molecule is CC.CC.CC.CCSN1CCN(C(=O)CCc2cc(C)c(Oc3ccc(O)cc3)c(C)c2)CC1. The van der Waals surface area contributed by atoms with E-state index in [-0.39, 0.29) is 11.7 Å². The second kappa shape index (κ2) is 19.1. The summed E-state index contributed by atoms with van der Waals surface area (Å²) >= 11 is 1.85. The van der Waals surface area contributed by atoms with Crippen LogP contribution in [0.2, 0.25) is 0 Å². The lowest BCUT2D eigenvalue weighted by Crippen LogP contribution is -2.46. The molecule has 0 unspecified atom stereocenters. The second-order valence-corrected chi connectivity index (χ2v) is 8.73. The highest BCUT2D eigenvalue weighted by atomic mass is 32.2. The van der Waals surface area contributed by atoms with E-state index < -0.39 is 0 Å². The van der Waals surface area contributed by atoms with Gasteiger partial charge in [-0.3, -0.25) is 4.79 Å². The van der Waals surface area contributed by atoms with Crippen LogP contribution < -0.4 is 4.74 Å². The van der Waals surface area contributed by atoms with Crippen molar-refractivity contribution in [3.05, 3.63) is 53.1 Å². The van der Waals surface area contributed by atoms with Gasteiger partial charge in [0.25, 0.3) is 0 Å². The number of aromatic hydroxyl groups is 1. The number of hydrogen-bond donors (Lipinski definition) is 1. The summed E-state index contributed by atoms with van der Waals surface area (Å²) in [4.78, 5) is 14.6. The highest BCUT2D eigenvalue weighted by Gasteiger charge is 2.21. The van der Waals surface area contributed by atoms with Gasteiger partial charge in [0.2, 0.25) is 5.91 Å². The molecule has 0 aliphatic carbocycles. The van der Waals surface area contributed by atoms with Crippen LogP contribution in [0.3, 0.4) is 0 Å². The summed E-state index contributed by atoms with van der Waals surface area (Å²) in [6, 6.07) is 10.9. The maximum Gasteiger partial charge on any atom is 0.222 e. The Balaban J connectivity index is 0.00000179. The molecule has 0 atom stereocenters. The molecule has 0 saturated carbocycles. The van der Waals surface area contributed by atoms with Gasteiger partial charge in [-0.2, -0.15) is 0 Å². The second-order valence-electron chi connectivity index (χ2n) is 7.38. The molecule has 5 nitrogen and oxygen atoms in total. The smallest absolute Gasteiger partial charge is 0.222 e. The summed E-state index contributed by atoms with van der Waals surface area (Å²) in [5.74, 6) is 3.06. The molecular weight excluding hydrogens is 456 g/mol. The minimum atomic E-state index is 0.219. The van der Waals surface area contributed by atoms with Gasteiger partial charge in [0.05, 0.1) is 0 Å². The first kappa shape index (κ1) is 32.8. The zero-order valence-corrected chi connectivity index (χ0v) is 24.3. The first-order chi connectivity index (χ1) is 17.0. The number of phenolic OH excluding ortho intramolecular Hbond substituents is 1. The average Bonchev–Trinajstić information content (AvgIpc) is 2.90. The summed E-state index contributed by atoms with van der Waals surface area (Å²) in [6.07, 6.45) is 1.28. The molecule has 0 radical (unpaired) electrons. The van der Waals surface area contributed by atoms with Gasteiger partial charge in [0.15, 0.2) is 0 Å². The van der Waals surface area contributed by atoms with Gasteiger partial charge in [0, 0.05) is 38.4 Å². The maximum absolute atomic E-state index is 12.6.